The van der Waals surface area contributed by atoms with E-state index in [1.54, 1.807) is 0 Å². The summed E-state index contributed by atoms with van der Waals surface area (Å²) in [5.41, 5.74) is 0.0434. The summed E-state index contributed by atoms with van der Waals surface area (Å²) >= 11 is 0. The van der Waals surface area contributed by atoms with Crippen LogP contribution in [0, 0.1) is 17.5 Å². The highest BCUT2D eigenvalue weighted by atomic mass is 19.1. The van der Waals surface area contributed by atoms with Crippen LogP contribution in [0.1, 0.15) is 18.4 Å². The zero-order valence-electron chi connectivity index (χ0n) is 13.5. The molecule has 0 saturated heterocycles. The van der Waals surface area contributed by atoms with Gasteiger partial charge < -0.3 is 5.32 Å². The number of hydrogen-bond donors (Lipinski definition) is 1. The predicted octanol–water partition coefficient (Wildman–Crippen LogP) is 3.22. The van der Waals surface area contributed by atoms with E-state index in [1.807, 2.05) is 0 Å². The van der Waals surface area contributed by atoms with Gasteiger partial charge in [-0.15, -0.1) is 0 Å². The Kier molecular flexibility index (Phi) is 5.01. The van der Waals surface area contributed by atoms with Gasteiger partial charge in [0.15, 0.2) is 0 Å². The van der Waals surface area contributed by atoms with Gasteiger partial charge in [0.2, 0.25) is 5.91 Å². The summed E-state index contributed by atoms with van der Waals surface area (Å²) in [4.78, 5) is 24.3. The lowest BCUT2D eigenvalue weighted by atomic mass is 10.1. The van der Waals surface area contributed by atoms with Gasteiger partial charge in [0.1, 0.15) is 28.9 Å². The Bertz CT molecular complexity index is 862. The van der Waals surface area contributed by atoms with Crippen molar-refractivity contribution in [2.45, 2.75) is 19.4 Å². The highest BCUT2D eigenvalue weighted by Gasteiger charge is 2.25. The third kappa shape index (κ3) is 3.90. The van der Waals surface area contributed by atoms with Crippen LogP contribution in [0.15, 0.2) is 47.6 Å². The summed E-state index contributed by atoms with van der Waals surface area (Å²) < 4.78 is 40.3. The van der Waals surface area contributed by atoms with Gasteiger partial charge in [-0.1, -0.05) is 18.2 Å². The second kappa shape index (κ2) is 7.38. The molecule has 5 nitrogen and oxygen atoms in total. The molecule has 0 aromatic heterocycles. The molecular formula is C18H14F3N3O2. The maximum atomic E-state index is 13.6. The number of nitrogens with zero attached hydrogens (tertiary/aromatic N) is 2. The Hall–Kier alpha value is -3.16. The summed E-state index contributed by atoms with van der Waals surface area (Å²) in [6.45, 7) is 0.0595. The van der Waals surface area contributed by atoms with E-state index >= 15 is 0 Å². The topological polar surface area (TPSA) is 61.8 Å². The lowest BCUT2D eigenvalue weighted by Crippen LogP contribution is -2.36. The van der Waals surface area contributed by atoms with Crippen LogP contribution < -0.4 is 5.32 Å². The molecule has 0 spiro atoms. The largest absolute Gasteiger partial charge is 0.316 e. The number of benzene rings is 2. The Morgan fingerprint density at radius 2 is 1.69 bits per heavy atom. The van der Waals surface area contributed by atoms with Gasteiger partial charge in [0.05, 0.1) is 6.54 Å². The number of hydrogen-bond acceptors (Lipinski definition) is 3. The monoisotopic (exact) mass is 361 g/mol. The molecule has 0 aliphatic carbocycles. The molecule has 2 aromatic carbocycles. The van der Waals surface area contributed by atoms with Gasteiger partial charge in [-0.05, 0) is 29.8 Å². The Morgan fingerprint density at radius 1 is 1.04 bits per heavy atom. The first-order chi connectivity index (χ1) is 12.4. The van der Waals surface area contributed by atoms with Crippen molar-refractivity contribution >= 4 is 23.2 Å². The van der Waals surface area contributed by atoms with Crippen molar-refractivity contribution in [1.82, 2.24) is 5.01 Å². The summed E-state index contributed by atoms with van der Waals surface area (Å²) in [6, 6.07) is 8.73. The molecule has 134 valence electrons. The van der Waals surface area contributed by atoms with E-state index in [1.165, 1.54) is 30.3 Å². The predicted molar refractivity (Wildman–Crippen MR) is 88.6 cm³/mol. The van der Waals surface area contributed by atoms with Crippen molar-refractivity contribution < 1.29 is 22.8 Å². The lowest BCUT2D eigenvalue weighted by Gasteiger charge is -2.23. The van der Waals surface area contributed by atoms with E-state index in [4.69, 9.17) is 0 Å². The van der Waals surface area contributed by atoms with Crippen LogP contribution in [0.3, 0.4) is 0 Å². The molecule has 0 radical (unpaired) electrons. The van der Waals surface area contributed by atoms with Crippen molar-refractivity contribution in [2.75, 3.05) is 5.32 Å². The zero-order chi connectivity index (χ0) is 18.7. The van der Waals surface area contributed by atoms with Crippen molar-refractivity contribution in [3.63, 3.8) is 0 Å². The molecule has 1 N–H and O–H groups in total. The second-order valence-electron chi connectivity index (χ2n) is 5.68. The van der Waals surface area contributed by atoms with E-state index < -0.39 is 29.0 Å². The first kappa shape index (κ1) is 17.7. The van der Waals surface area contributed by atoms with Gasteiger partial charge in [-0.25, -0.2) is 18.2 Å². The number of rotatable bonds is 4. The van der Waals surface area contributed by atoms with Crippen LogP contribution in [0.2, 0.25) is 0 Å². The van der Waals surface area contributed by atoms with Gasteiger partial charge in [-0.2, -0.15) is 5.10 Å². The maximum Gasteiger partial charge on any atom is 0.272 e. The smallest absolute Gasteiger partial charge is 0.272 e. The molecule has 1 aliphatic rings. The van der Waals surface area contributed by atoms with Gasteiger partial charge in [-0.3, -0.25) is 9.59 Å². The van der Waals surface area contributed by atoms with E-state index in [0.717, 1.165) is 17.1 Å². The summed E-state index contributed by atoms with van der Waals surface area (Å²) in [7, 11) is 0. The molecule has 3 rings (SSSR count). The van der Waals surface area contributed by atoms with Crippen LogP contribution in [0.4, 0.5) is 18.9 Å². The normalized spacial score (nSPS) is 14.2. The summed E-state index contributed by atoms with van der Waals surface area (Å²) in [5.74, 6) is -3.31. The molecule has 8 heteroatoms. The second-order valence-corrected chi connectivity index (χ2v) is 5.68. The number of hydrazone groups is 1. The summed E-state index contributed by atoms with van der Waals surface area (Å²) in [6.07, 6.45) is 0.0911. The van der Waals surface area contributed by atoms with Crippen molar-refractivity contribution in [2.24, 2.45) is 5.10 Å². The molecule has 1 heterocycles. The molecule has 2 aromatic rings. The lowest BCUT2D eigenvalue weighted by molar-refractivity contribution is -0.132. The number of amides is 2. The van der Waals surface area contributed by atoms with E-state index in [9.17, 15) is 22.8 Å². The van der Waals surface area contributed by atoms with Gasteiger partial charge in [0.25, 0.3) is 5.91 Å². The van der Waals surface area contributed by atoms with Gasteiger partial charge >= 0.3 is 0 Å². The fraction of sp³-hybridized carbons (Fsp3) is 0.167. The quantitative estimate of drug-likeness (QED) is 0.909. The Labute approximate surface area is 147 Å². The van der Waals surface area contributed by atoms with Crippen LogP contribution in [0.5, 0.6) is 0 Å². The Balaban J connectivity index is 1.77. The number of para-hydroxylation sites is 1. The number of carbonyl (C=O) groups is 2. The Morgan fingerprint density at radius 3 is 2.35 bits per heavy atom. The highest BCUT2D eigenvalue weighted by Crippen LogP contribution is 2.19. The number of anilines is 1. The zero-order valence-corrected chi connectivity index (χ0v) is 13.5. The van der Waals surface area contributed by atoms with E-state index in [-0.39, 0.29) is 31.0 Å². The minimum absolute atomic E-state index is 0.0191. The number of carbonyl (C=O) groups excluding carboxylic acids is 2. The number of nitrogens with one attached hydrogen (secondary N) is 1. The van der Waals surface area contributed by atoms with Crippen molar-refractivity contribution in [1.29, 1.82) is 0 Å². The third-order valence-electron chi connectivity index (χ3n) is 3.81. The van der Waals surface area contributed by atoms with Gasteiger partial charge in [0, 0.05) is 12.8 Å². The molecule has 0 atom stereocenters. The van der Waals surface area contributed by atoms with Crippen molar-refractivity contribution in [3.8, 4) is 0 Å². The summed E-state index contributed by atoms with van der Waals surface area (Å²) in [5, 5.41) is 7.22. The molecule has 0 fully saturated rings. The molecule has 0 bridgehead atoms. The molecule has 0 saturated carbocycles. The van der Waals surface area contributed by atoms with Crippen molar-refractivity contribution in [3.05, 3.63) is 65.5 Å². The van der Waals surface area contributed by atoms with Crippen LogP contribution in [-0.2, 0) is 16.1 Å². The van der Waals surface area contributed by atoms with E-state index in [2.05, 4.69) is 10.4 Å². The molecule has 26 heavy (non-hydrogen) atoms. The fourth-order valence-electron chi connectivity index (χ4n) is 2.45. The number of halogens is 3. The highest BCUT2D eigenvalue weighted by molar-refractivity contribution is 6.43. The first-order valence-electron chi connectivity index (χ1n) is 7.81. The van der Waals surface area contributed by atoms with E-state index in [0.29, 0.717) is 5.56 Å². The SMILES string of the molecule is O=C(Nc1c(F)cccc1F)C1=NN(Cc2ccc(F)cc2)C(=O)CC1. The van der Waals surface area contributed by atoms with Crippen LogP contribution in [0.25, 0.3) is 0 Å². The molecule has 0 unspecified atom stereocenters. The average molecular weight is 361 g/mol. The first-order valence-corrected chi connectivity index (χ1v) is 7.81. The maximum absolute atomic E-state index is 13.6. The minimum Gasteiger partial charge on any atom is -0.316 e. The minimum atomic E-state index is -0.908. The molecule has 1 aliphatic heterocycles. The third-order valence-corrected chi connectivity index (χ3v) is 3.81. The molecule has 2 amide bonds. The fourth-order valence-corrected chi connectivity index (χ4v) is 2.45. The van der Waals surface area contributed by atoms with Crippen LogP contribution in [-0.4, -0.2) is 22.5 Å². The standard InChI is InChI=1S/C18H14F3N3O2/c19-12-6-4-11(5-7-12)10-24-16(25)9-8-15(23-24)18(26)22-17-13(20)2-1-3-14(17)21/h1-7H,8-10H2,(H,22,26). The average Bonchev–Trinajstić information content (AvgIpc) is 2.62. The molecular weight excluding hydrogens is 347 g/mol. The van der Waals surface area contributed by atoms with Crippen LogP contribution >= 0.6 is 0 Å².